The Labute approximate surface area is 135 Å². The molecule has 0 rings (SSSR count). The number of hydrogen-bond acceptors (Lipinski definition) is 6. The van der Waals surface area contributed by atoms with E-state index in [-0.39, 0.29) is 11.7 Å². The van der Waals surface area contributed by atoms with E-state index in [0.29, 0.717) is 12.3 Å². The van der Waals surface area contributed by atoms with Crippen LogP contribution in [-0.2, 0) is 14.3 Å². The second-order valence-electron chi connectivity index (χ2n) is 6.50. The molecule has 0 aliphatic carbocycles. The third kappa shape index (κ3) is 13.5. The number of thioether (sulfide) groups is 1. The van der Waals surface area contributed by atoms with Gasteiger partial charge in [0.05, 0.1) is 6.54 Å². The van der Waals surface area contributed by atoms with Crippen LogP contribution in [0.25, 0.3) is 0 Å². The van der Waals surface area contributed by atoms with E-state index in [1.165, 1.54) is 0 Å². The Bertz CT molecular complexity index is 399. The van der Waals surface area contributed by atoms with E-state index in [2.05, 4.69) is 10.6 Å². The molecule has 22 heavy (non-hydrogen) atoms. The number of carbonyl (C=O) groups excluding carboxylic acids is 3. The molecule has 0 radical (unpaired) electrons. The maximum absolute atomic E-state index is 11.5. The molecule has 0 saturated carbocycles. The largest absolute Gasteiger partial charge is 0.444 e. The first kappa shape index (κ1) is 20.6. The summed E-state index contributed by atoms with van der Waals surface area (Å²) in [5, 5.41) is 4.71. The molecule has 0 bridgehead atoms. The summed E-state index contributed by atoms with van der Waals surface area (Å²) in [5.74, 6) is 0.397. The van der Waals surface area contributed by atoms with Gasteiger partial charge in [0.2, 0.25) is 5.12 Å². The highest BCUT2D eigenvalue weighted by molar-refractivity contribution is 8.13. The van der Waals surface area contributed by atoms with Crippen LogP contribution in [0.5, 0.6) is 0 Å². The fourth-order valence-electron chi connectivity index (χ4n) is 1.14. The SMILES string of the molecule is CC(C)(C)OC(=O)NCCSC(=O)CNC(=O)OC(C)(C)C. The van der Waals surface area contributed by atoms with Crippen molar-refractivity contribution >= 4 is 29.1 Å². The number of amides is 2. The van der Waals surface area contributed by atoms with Gasteiger partial charge >= 0.3 is 12.2 Å². The van der Waals surface area contributed by atoms with Crippen LogP contribution in [0.2, 0.25) is 0 Å². The van der Waals surface area contributed by atoms with E-state index in [0.717, 1.165) is 11.8 Å². The summed E-state index contributed by atoms with van der Waals surface area (Å²) >= 11 is 1.02. The quantitative estimate of drug-likeness (QED) is 0.749. The van der Waals surface area contributed by atoms with Crippen LogP contribution in [0.1, 0.15) is 41.5 Å². The van der Waals surface area contributed by atoms with Gasteiger partial charge in [0, 0.05) is 12.3 Å². The fourth-order valence-corrected chi connectivity index (χ4v) is 1.75. The first-order valence-corrected chi connectivity index (χ1v) is 7.97. The van der Waals surface area contributed by atoms with Crippen LogP contribution in [0.15, 0.2) is 0 Å². The van der Waals surface area contributed by atoms with Gasteiger partial charge in [-0.15, -0.1) is 0 Å². The first-order valence-electron chi connectivity index (χ1n) is 6.98. The van der Waals surface area contributed by atoms with Crippen molar-refractivity contribution in [2.75, 3.05) is 18.8 Å². The van der Waals surface area contributed by atoms with Gasteiger partial charge in [-0.05, 0) is 41.5 Å². The van der Waals surface area contributed by atoms with E-state index < -0.39 is 23.4 Å². The minimum absolute atomic E-state index is 0.119. The smallest absolute Gasteiger partial charge is 0.408 e. The summed E-state index contributed by atoms with van der Waals surface area (Å²) in [5.41, 5.74) is -1.15. The van der Waals surface area contributed by atoms with Crippen LogP contribution in [-0.4, -0.2) is 47.3 Å². The standard InChI is InChI=1S/C14H26N2O5S/c1-13(2,3)20-11(18)15-7-8-22-10(17)9-16-12(19)21-14(4,5)6/h7-9H2,1-6H3,(H,15,18)(H,16,19). The van der Waals surface area contributed by atoms with Crippen molar-refractivity contribution in [3.63, 3.8) is 0 Å². The Balaban J connectivity index is 3.75. The van der Waals surface area contributed by atoms with Crippen molar-refractivity contribution in [1.29, 1.82) is 0 Å². The van der Waals surface area contributed by atoms with Crippen LogP contribution in [0, 0.1) is 0 Å². The number of alkyl carbamates (subject to hydrolysis) is 2. The van der Waals surface area contributed by atoms with Crippen molar-refractivity contribution in [1.82, 2.24) is 10.6 Å². The molecule has 8 heteroatoms. The summed E-state index contributed by atoms with van der Waals surface area (Å²) in [6.07, 6.45) is -1.15. The van der Waals surface area contributed by atoms with Crippen molar-refractivity contribution < 1.29 is 23.9 Å². The van der Waals surface area contributed by atoms with E-state index in [4.69, 9.17) is 9.47 Å². The second-order valence-corrected chi connectivity index (χ2v) is 7.66. The third-order valence-electron chi connectivity index (χ3n) is 1.81. The van der Waals surface area contributed by atoms with Crippen molar-refractivity contribution in [2.45, 2.75) is 52.7 Å². The highest BCUT2D eigenvalue weighted by atomic mass is 32.2. The van der Waals surface area contributed by atoms with Crippen molar-refractivity contribution in [2.24, 2.45) is 0 Å². The molecule has 0 aliphatic heterocycles. The Kier molecular flexibility index (Phi) is 8.29. The van der Waals surface area contributed by atoms with Crippen LogP contribution >= 0.6 is 11.8 Å². The zero-order valence-electron chi connectivity index (χ0n) is 14.1. The third-order valence-corrected chi connectivity index (χ3v) is 2.68. The van der Waals surface area contributed by atoms with Gasteiger partial charge in [0.25, 0.3) is 0 Å². The van der Waals surface area contributed by atoms with Gasteiger partial charge < -0.3 is 20.1 Å². The monoisotopic (exact) mass is 334 g/mol. The molecule has 0 aromatic rings. The van der Waals surface area contributed by atoms with Gasteiger partial charge in [0.15, 0.2) is 0 Å². The zero-order valence-corrected chi connectivity index (χ0v) is 14.9. The number of hydrogen-bond donors (Lipinski definition) is 2. The van der Waals surface area contributed by atoms with E-state index >= 15 is 0 Å². The van der Waals surface area contributed by atoms with Gasteiger partial charge in [-0.3, -0.25) is 4.79 Å². The summed E-state index contributed by atoms with van der Waals surface area (Å²) in [6, 6.07) is 0. The van der Waals surface area contributed by atoms with Crippen LogP contribution in [0.3, 0.4) is 0 Å². The minimum Gasteiger partial charge on any atom is -0.444 e. The molecule has 0 aromatic heterocycles. The molecule has 0 atom stereocenters. The van der Waals surface area contributed by atoms with Crippen molar-refractivity contribution in [3.05, 3.63) is 0 Å². The molecule has 0 unspecified atom stereocenters. The van der Waals surface area contributed by atoms with Crippen molar-refractivity contribution in [3.8, 4) is 0 Å². The molecule has 0 fully saturated rings. The summed E-state index contributed by atoms with van der Waals surface area (Å²) in [6.45, 7) is 10.7. The Hall–Kier alpha value is -1.44. The van der Waals surface area contributed by atoms with Crippen LogP contribution < -0.4 is 10.6 Å². The maximum atomic E-state index is 11.5. The molecule has 0 spiro atoms. The Morgan fingerprint density at radius 3 is 1.77 bits per heavy atom. The second kappa shape index (κ2) is 8.87. The number of ether oxygens (including phenoxy) is 2. The Morgan fingerprint density at radius 2 is 1.32 bits per heavy atom. The van der Waals surface area contributed by atoms with Gasteiger partial charge in [0.1, 0.15) is 11.2 Å². The minimum atomic E-state index is -0.631. The molecule has 128 valence electrons. The summed E-state index contributed by atoms with van der Waals surface area (Å²) in [4.78, 5) is 34.2. The average molecular weight is 334 g/mol. The highest BCUT2D eigenvalue weighted by Gasteiger charge is 2.17. The highest BCUT2D eigenvalue weighted by Crippen LogP contribution is 2.07. The first-order chi connectivity index (χ1) is 9.89. The zero-order chi connectivity index (χ0) is 17.4. The molecule has 0 saturated heterocycles. The van der Waals surface area contributed by atoms with E-state index in [1.807, 2.05) is 0 Å². The molecule has 2 N–H and O–H groups in total. The van der Waals surface area contributed by atoms with E-state index in [9.17, 15) is 14.4 Å². The fraction of sp³-hybridized carbons (Fsp3) is 0.786. The average Bonchev–Trinajstić information content (AvgIpc) is 2.27. The summed E-state index contributed by atoms with van der Waals surface area (Å²) < 4.78 is 10.1. The molecule has 7 nitrogen and oxygen atoms in total. The summed E-state index contributed by atoms with van der Waals surface area (Å²) in [7, 11) is 0. The molecule has 2 amide bonds. The normalized spacial score (nSPS) is 11.5. The number of carbonyl (C=O) groups is 3. The van der Waals surface area contributed by atoms with Gasteiger partial charge in [-0.25, -0.2) is 9.59 Å². The lowest BCUT2D eigenvalue weighted by molar-refractivity contribution is -0.110. The lowest BCUT2D eigenvalue weighted by Gasteiger charge is -2.19. The lowest BCUT2D eigenvalue weighted by Crippen LogP contribution is -2.35. The maximum Gasteiger partial charge on any atom is 0.408 e. The molecule has 0 heterocycles. The molecule has 0 aliphatic rings. The molecular weight excluding hydrogens is 308 g/mol. The number of nitrogens with one attached hydrogen (secondary N) is 2. The topological polar surface area (TPSA) is 93.7 Å². The Morgan fingerprint density at radius 1 is 0.864 bits per heavy atom. The van der Waals surface area contributed by atoms with E-state index in [1.54, 1.807) is 41.5 Å². The predicted octanol–water partition coefficient (Wildman–Crippen LogP) is 2.30. The van der Waals surface area contributed by atoms with Gasteiger partial charge in [-0.2, -0.15) is 0 Å². The lowest BCUT2D eigenvalue weighted by atomic mass is 10.2. The molecule has 0 aromatic carbocycles. The van der Waals surface area contributed by atoms with Crippen LogP contribution in [0.4, 0.5) is 9.59 Å². The predicted molar refractivity (Wildman–Crippen MR) is 85.9 cm³/mol. The molecular formula is C14H26N2O5S. The van der Waals surface area contributed by atoms with Gasteiger partial charge in [-0.1, -0.05) is 11.8 Å². The number of rotatable bonds is 5.